The van der Waals surface area contributed by atoms with E-state index in [1.807, 2.05) is 66.7 Å². The fourth-order valence-corrected chi connectivity index (χ4v) is 4.69. The molecule has 0 aliphatic carbocycles. The number of carboxylic acid groups (broad SMARTS) is 1. The molecule has 4 nitrogen and oxygen atoms in total. The van der Waals surface area contributed by atoms with Crippen LogP contribution in [0, 0.1) is 5.92 Å². The summed E-state index contributed by atoms with van der Waals surface area (Å²) in [6.45, 7) is 0. The van der Waals surface area contributed by atoms with Gasteiger partial charge in [-0.15, -0.1) is 11.3 Å². The van der Waals surface area contributed by atoms with Gasteiger partial charge in [-0.1, -0.05) is 60.7 Å². The number of thiophene rings is 1. The highest BCUT2D eigenvalue weighted by molar-refractivity contribution is 7.80. The van der Waals surface area contributed by atoms with Crippen molar-refractivity contribution in [1.82, 2.24) is 5.32 Å². The van der Waals surface area contributed by atoms with Crippen LogP contribution in [-0.2, 0) is 22.4 Å². The predicted molar refractivity (Wildman–Crippen MR) is 124 cm³/mol. The van der Waals surface area contributed by atoms with Crippen molar-refractivity contribution in [3.05, 3.63) is 93.7 Å². The Balaban J connectivity index is 1.64. The second-order valence-corrected chi connectivity index (χ2v) is 8.72. The van der Waals surface area contributed by atoms with Crippen LogP contribution in [0.4, 0.5) is 0 Å². The van der Waals surface area contributed by atoms with Crippen molar-refractivity contribution in [2.75, 3.05) is 5.75 Å². The average Bonchev–Trinajstić information content (AvgIpc) is 3.21. The zero-order chi connectivity index (χ0) is 21.3. The summed E-state index contributed by atoms with van der Waals surface area (Å²) in [6.07, 6.45) is 2.11. The molecule has 0 radical (unpaired) electrons. The molecule has 1 amide bonds. The molecule has 0 bridgehead atoms. The number of carboxylic acids is 1. The maximum atomic E-state index is 12.8. The van der Waals surface area contributed by atoms with E-state index >= 15 is 0 Å². The van der Waals surface area contributed by atoms with Crippen molar-refractivity contribution in [2.45, 2.75) is 25.3 Å². The number of nitrogens with one attached hydrogen (secondary N) is 1. The third-order valence-corrected chi connectivity index (χ3v) is 6.53. The van der Waals surface area contributed by atoms with Crippen LogP contribution >= 0.6 is 24.0 Å². The van der Waals surface area contributed by atoms with Gasteiger partial charge in [0.05, 0.1) is 0 Å². The van der Waals surface area contributed by atoms with E-state index in [4.69, 9.17) is 0 Å². The highest BCUT2D eigenvalue weighted by Crippen LogP contribution is 2.26. The Hall–Kier alpha value is -2.57. The normalized spacial score (nSPS) is 12.8. The molecular weight excluding hydrogens is 414 g/mol. The Morgan fingerprint density at radius 2 is 1.57 bits per heavy atom. The fraction of sp³-hybridized carbons (Fsp3) is 0.250. The van der Waals surface area contributed by atoms with Gasteiger partial charge in [0, 0.05) is 27.8 Å². The zero-order valence-corrected chi connectivity index (χ0v) is 18.2. The van der Waals surface area contributed by atoms with Crippen molar-refractivity contribution >= 4 is 35.8 Å². The number of rotatable bonds is 10. The molecule has 2 N–H and O–H groups in total. The molecule has 156 valence electrons. The number of aryl methyl sites for hydroxylation is 1. The predicted octanol–water partition coefficient (Wildman–Crippen LogP) is 4.76. The van der Waals surface area contributed by atoms with Crippen LogP contribution in [0.25, 0.3) is 0 Å². The van der Waals surface area contributed by atoms with Gasteiger partial charge in [-0.3, -0.25) is 4.79 Å². The number of aliphatic carboxylic acids is 1. The van der Waals surface area contributed by atoms with Gasteiger partial charge in [0.25, 0.3) is 0 Å². The molecule has 2 unspecified atom stereocenters. The summed E-state index contributed by atoms with van der Waals surface area (Å²) in [5.41, 5.74) is 2.31. The molecule has 0 aliphatic rings. The molecule has 0 fully saturated rings. The van der Waals surface area contributed by atoms with Gasteiger partial charge < -0.3 is 10.4 Å². The topological polar surface area (TPSA) is 66.4 Å². The van der Waals surface area contributed by atoms with E-state index in [1.54, 1.807) is 6.07 Å². The molecule has 2 atom stereocenters. The zero-order valence-electron chi connectivity index (χ0n) is 16.5. The first-order chi connectivity index (χ1) is 14.6. The standard InChI is InChI=1S/C24H25NO3S2/c26-23(19(16-29)12-11-17-7-3-1-4-8-17)25-22(24(27)28)21-14-13-20(30-21)15-18-9-5-2-6-10-18/h1-10,13-14,19,22,29H,11-12,15-16H2,(H,25,26)(H,27,28). The van der Waals surface area contributed by atoms with E-state index in [-0.39, 0.29) is 11.8 Å². The number of hydrogen-bond acceptors (Lipinski definition) is 4. The number of hydrogen-bond donors (Lipinski definition) is 3. The molecule has 0 saturated carbocycles. The Labute approximate surface area is 186 Å². The molecule has 6 heteroatoms. The van der Waals surface area contributed by atoms with Crippen LogP contribution in [0.3, 0.4) is 0 Å². The van der Waals surface area contributed by atoms with Crippen molar-refractivity contribution < 1.29 is 14.7 Å². The average molecular weight is 440 g/mol. The maximum absolute atomic E-state index is 12.8. The van der Waals surface area contributed by atoms with Crippen molar-refractivity contribution in [1.29, 1.82) is 0 Å². The van der Waals surface area contributed by atoms with Crippen LogP contribution in [0.2, 0.25) is 0 Å². The Kier molecular flexibility index (Phi) is 8.11. The molecule has 1 aromatic heterocycles. The van der Waals surface area contributed by atoms with E-state index in [1.165, 1.54) is 11.3 Å². The number of carbonyl (C=O) groups excluding carboxylic acids is 1. The van der Waals surface area contributed by atoms with Gasteiger partial charge in [-0.25, -0.2) is 4.79 Å². The number of carbonyl (C=O) groups is 2. The van der Waals surface area contributed by atoms with Crippen LogP contribution in [0.1, 0.15) is 33.3 Å². The minimum Gasteiger partial charge on any atom is -0.479 e. The summed E-state index contributed by atoms with van der Waals surface area (Å²) >= 11 is 5.74. The van der Waals surface area contributed by atoms with E-state index in [2.05, 4.69) is 17.9 Å². The van der Waals surface area contributed by atoms with Gasteiger partial charge in [0.1, 0.15) is 0 Å². The van der Waals surface area contributed by atoms with Gasteiger partial charge in [-0.05, 0) is 36.1 Å². The summed E-state index contributed by atoms with van der Waals surface area (Å²) in [6, 6.07) is 22.6. The van der Waals surface area contributed by atoms with Crippen LogP contribution in [0.5, 0.6) is 0 Å². The first-order valence-electron chi connectivity index (χ1n) is 9.87. The van der Waals surface area contributed by atoms with E-state index in [0.29, 0.717) is 17.1 Å². The highest BCUT2D eigenvalue weighted by Gasteiger charge is 2.27. The molecular formula is C24H25NO3S2. The number of benzene rings is 2. The minimum atomic E-state index is -1.06. The van der Waals surface area contributed by atoms with E-state index < -0.39 is 12.0 Å². The molecule has 0 aliphatic heterocycles. The molecule has 0 saturated heterocycles. The molecule has 3 rings (SSSR count). The molecule has 2 aromatic carbocycles. The van der Waals surface area contributed by atoms with Crippen LogP contribution in [0.15, 0.2) is 72.8 Å². The monoisotopic (exact) mass is 439 g/mol. The SMILES string of the molecule is O=C(NC(C(=O)O)c1ccc(Cc2ccccc2)s1)C(CS)CCc1ccccc1. The fourth-order valence-electron chi connectivity index (χ4n) is 3.25. The third-order valence-electron chi connectivity index (χ3n) is 4.94. The van der Waals surface area contributed by atoms with Gasteiger partial charge in [-0.2, -0.15) is 12.6 Å². The Morgan fingerprint density at radius 1 is 0.933 bits per heavy atom. The summed E-state index contributed by atoms with van der Waals surface area (Å²) in [7, 11) is 0. The summed E-state index contributed by atoms with van der Waals surface area (Å²) < 4.78 is 0. The van der Waals surface area contributed by atoms with Crippen LogP contribution < -0.4 is 5.32 Å². The molecule has 3 aromatic rings. The maximum Gasteiger partial charge on any atom is 0.331 e. The Morgan fingerprint density at radius 3 is 2.17 bits per heavy atom. The van der Waals surface area contributed by atoms with Crippen molar-refractivity contribution in [3.63, 3.8) is 0 Å². The quantitative estimate of drug-likeness (QED) is 0.399. The largest absolute Gasteiger partial charge is 0.479 e. The second kappa shape index (κ2) is 11.0. The smallest absolute Gasteiger partial charge is 0.331 e. The molecule has 1 heterocycles. The lowest BCUT2D eigenvalue weighted by atomic mass is 9.99. The summed E-state index contributed by atoms with van der Waals surface area (Å²) in [5.74, 6) is -1.31. The van der Waals surface area contributed by atoms with E-state index in [0.717, 1.165) is 28.8 Å². The highest BCUT2D eigenvalue weighted by atomic mass is 32.1. The van der Waals surface area contributed by atoms with Crippen LogP contribution in [-0.4, -0.2) is 22.7 Å². The Bertz CT molecular complexity index is 957. The van der Waals surface area contributed by atoms with Gasteiger partial charge in [0.15, 0.2) is 6.04 Å². The minimum absolute atomic E-state index is 0.272. The lowest BCUT2D eigenvalue weighted by molar-refractivity contribution is -0.142. The third kappa shape index (κ3) is 6.21. The van der Waals surface area contributed by atoms with Gasteiger partial charge in [0.2, 0.25) is 5.91 Å². The van der Waals surface area contributed by atoms with Crippen molar-refractivity contribution in [2.24, 2.45) is 5.92 Å². The number of thiol groups is 1. The molecule has 0 spiro atoms. The first kappa shape index (κ1) is 22.1. The van der Waals surface area contributed by atoms with Gasteiger partial charge >= 0.3 is 5.97 Å². The summed E-state index contributed by atoms with van der Waals surface area (Å²) in [4.78, 5) is 26.3. The first-order valence-corrected chi connectivity index (χ1v) is 11.3. The summed E-state index contributed by atoms with van der Waals surface area (Å²) in [5, 5.41) is 12.4. The molecule has 30 heavy (non-hydrogen) atoms. The second-order valence-electron chi connectivity index (χ2n) is 7.15. The number of amides is 1. The lowest BCUT2D eigenvalue weighted by Gasteiger charge is -2.18. The lowest BCUT2D eigenvalue weighted by Crippen LogP contribution is -2.38. The van der Waals surface area contributed by atoms with E-state index in [9.17, 15) is 14.7 Å². The van der Waals surface area contributed by atoms with Crippen molar-refractivity contribution in [3.8, 4) is 0 Å².